The summed E-state index contributed by atoms with van der Waals surface area (Å²) in [6.45, 7) is 4.16. The molecule has 0 fully saturated rings. The fourth-order valence-corrected chi connectivity index (χ4v) is 8.17. The van der Waals surface area contributed by atoms with Crippen molar-refractivity contribution < 1.29 is 24.2 Å². The van der Waals surface area contributed by atoms with Crippen molar-refractivity contribution in [1.82, 2.24) is 0 Å². The lowest BCUT2D eigenvalue weighted by Gasteiger charge is -2.15. The molecule has 5 heteroatoms. The van der Waals surface area contributed by atoms with Crippen LogP contribution in [0.1, 0.15) is 296 Å². The number of aliphatic hydroxyl groups excluding tert-OH is 1. The highest BCUT2D eigenvalue weighted by Gasteiger charge is 2.16. The van der Waals surface area contributed by atoms with Crippen LogP contribution in [0.4, 0.5) is 0 Å². The molecule has 0 bridgehead atoms. The normalized spacial score (nSPS) is 12.2. The minimum atomic E-state index is -0.784. The molecule has 1 N–H and O–H groups in total. The highest BCUT2D eigenvalue weighted by Crippen LogP contribution is 2.17. The first kappa shape index (κ1) is 58.4. The van der Waals surface area contributed by atoms with Crippen molar-refractivity contribution in [1.29, 1.82) is 0 Å². The Hall–Kier alpha value is -1.62. The molecule has 0 unspecified atom stereocenters. The molecule has 0 rings (SSSR count). The number of carbonyl (C=O) groups excluding carboxylic acids is 2. The van der Waals surface area contributed by atoms with E-state index in [1.807, 2.05) is 0 Å². The lowest BCUT2D eigenvalue weighted by Crippen LogP contribution is -2.28. The lowest BCUT2D eigenvalue weighted by atomic mass is 10.0. The molecular weight excluding hydrogens is 741 g/mol. The van der Waals surface area contributed by atoms with Gasteiger partial charge in [0.1, 0.15) is 6.61 Å². The van der Waals surface area contributed by atoms with E-state index in [0.29, 0.717) is 12.8 Å². The fraction of sp³-hybridized carbons (Fsp3) is 0.891. The molecule has 0 aliphatic carbocycles. The monoisotopic (exact) mass is 845 g/mol. The summed E-state index contributed by atoms with van der Waals surface area (Å²) in [7, 11) is 0. The Balaban J connectivity index is 3.49. The zero-order chi connectivity index (χ0) is 43.5. The van der Waals surface area contributed by atoms with E-state index >= 15 is 0 Å². The number of hydrogen-bond acceptors (Lipinski definition) is 5. The minimum absolute atomic E-state index is 0.0813. The third-order valence-electron chi connectivity index (χ3n) is 12.2. The van der Waals surface area contributed by atoms with Gasteiger partial charge in [0, 0.05) is 12.8 Å². The Labute approximate surface area is 374 Å². The number of unbranched alkanes of at least 4 members (excludes halogenated alkanes) is 38. The van der Waals surface area contributed by atoms with E-state index in [9.17, 15) is 14.7 Å². The summed E-state index contributed by atoms with van der Waals surface area (Å²) in [4.78, 5) is 24.4. The molecule has 0 aromatic rings. The Morgan fingerprint density at radius 2 is 0.650 bits per heavy atom. The maximum absolute atomic E-state index is 12.3. The predicted molar refractivity (Wildman–Crippen MR) is 261 cm³/mol. The van der Waals surface area contributed by atoms with Gasteiger partial charge >= 0.3 is 11.9 Å². The van der Waals surface area contributed by atoms with Gasteiger partial charge in [0.05, 0.1) is 6.61 Å². The molecule has 0 amide bonds. The van der Waals surface area contributed by atoms with Crippen LogP contribution in [-0.4, -0.2) is 36.4 Å². The lowest BCUT2D eigenvalue weighted by molar-refractivity contribution is -0.161. The number of ether oxygens (including phenoxy) is 2. The molecule has 5 nitrogen and oxygen atoms in total. The molecule has 0 aromatic heterocycles. The van der Waals surface area contributed by atoms with Crippen molar-refractivity contribution >= 4 is 11.9 Å². The van der Waals surface area contributed by atoms with E-state index in [4.69, 9.17) is 9.47 Å². The van der Waals surface area contributed by atoms with Crippen LogP contribution in [-0.2, 0) is 19.1 Å². The van der Waals surface area contributed by atoms with Crippen LogP contribution in [0.25, 0.3) is 0 Å². The van der Waals surface area contributed by atoms with Gasteiger partial charge in [0.25, 0.3) is 0 Å². The molecule has 0 heterocycles. The van der Waals surface area contributed by atoms with E-state index < -0.39 is 6.10 Å². The first-order chi connectivity index (χ1) is 29.6. The van der Waals surface area contributed by atoms with Crippen LogP contribution in [0.2, 0.25) is 0 Å². The second kappa shape index (κ2) is 51.7. The molecule has 0 aromatic carbocycles. The first-order valence-corrected chi connectivity index (χ1v) is 26.9. The third kappa shape index (κ3) is 49.0. The molecule has 0 aliphatic heterocycles. The molecule has 0 spiro atoms. The average molecular weight is 845 g/mol. The van der Waals surface area contributed by atoms with Crippen LogP contribution < -0.4 is 0 Å². The van der Waals surface area contributed by atoms with Crippen LogP contribution in [0.3, 0.4) is 0 Å². The molecule has 0 saturated heterocycles. The topological polar surface area (TPSA) is 72.8 Å². The molecule has 60 heavy (non-hydrogen) atoms. The molecule has 354 valence electrons. The number of rotatable bonds is 50. The third-order valence-corrected chi connectivity index (χ3v) is 12.2. The maximum atomic E-state index is 12.3. The van der Waals surface area contributed by atoms with Crippen LogP contribution in [0.15, 0.2) is 24.3 Å². The van der Waals surface area contributed by atoms with Gasteiger partial charge in [-0.2, -0.15) is 0 Å². The number of esters is 2. The predicted octanol–water partition coefficient (Wildman–Crippen LogP) is 17.8. The highest BCUT2D eigenvalue weighted by molar-refractivity contribution is 5.70. The van der Waals surface area contributed by atoms with Crippen molar-refractivity contribution in [3.63, 3.8) is 0 Å². The van der Waals surface area contributed by atoms with Crippen molar-refractivity contribution in [2.45, 2.75) is 302 Å². The van der Waals surface area contributed by atoms with Crippen LogP contribution in [0, 0.1) is 0 Å². The Kier molecular flexibility index (Phi) is 50.3. The van der Waals surface area contributed by atoms with Gasteiger partial charge in [-0.25, -0.2) is 0 Å². The Bertz CT molecular complexity index is 913. The number of aliphatic hydroxyl groups is 1. The average Bonchev–Trinajstić information content (AvgIpc) is 3.25. The highest BCUT2D eigenvalue weighted by atomic mass is 16.6. The molecule has 0 aliphatic rings. The van der Waals surface area contributed by atoms with Gasteiger partial charge in [0.15, 0.2) is 6.10 Å². The Morgan fingerprint density at radius 1 is 0.367 bits per heavy atom. The summed E-state index contributed by atoms with van der Waals surface area (Å²) in [5.41, 5.74) is 0. The zero-order valence-electron chi connectivity index (χ0n) is 40.5. The van der Waals surface area contributed by atoms with E-state index in [1.165, 1.54) is 225 Å². The van der Waals surface area contributed by atoms with E-state index in [0.717, 1.165) is 44.9 Å². The first-order valence-electron chi connectivity index (χ1n) is 26.9. The van der Waals surface area contributed by atoms with Gasteiger partial charge in [-0.15, -0.1) is 0 Å². The summed E-state index contributed by atoms with van der Waals surface area (Å²) in [6, 6.07) is 0. The van der Waals surface area contributed by atoms with Crippen LogP contribution >= 0.6 is 0 Å². The SMILES string of the molecule is CCCCCCCCCCCCCCCC/C=C/CC/C=C/CCCC(=O)OC[C@H](CO)OC(=O)CCCCCCCCCCCCCCCCCCCCCCCCC. The van der Waals surface area contributed by atoms with Crippen molar-refractivity contribution in [2.75, 3.05) is 13.2 Å². The molecular formula is C55H104O5. The Morgan fingerprint density at radius 3 is 1.00 bits per heavy atom. The molecule has 1 atom stereocenters. The second-order valence-corrected chi connectivity index (χ2v) is 18.3. The van der Waals surface area contributed by atoms with Gasteiger partial charge in [-0.1, -0.05) is 263 Å². The van der Waals surface area contributed by atoms with E-state index in [-0.39, 0.29) is 25.2 Å². The number of carbonyl (C=O) groups is 2. The standard InChI is InChI=1S/C55H104O5/c1-3-5-7-9-11-13-15-17-19-21-23-25-27-29-31-33-35-37-39-41-43-45-47-49-54(57)59-52-53(51-56)60-55(58)50-48-46-44-42-40-38-36-34-32-30-28-26-24-22-20-18-16-14-12-10-8-6-4-2/h33,35,41,43,53,56H,3-32,34,36-40,42,44-52H2,1-2H3/b35-33+,43-41+/t53-/m0/s1. The largest absolute Gasteiger partial charge is 0.462 e. The fourth-order valence-electron chi connectivity index (χ4n) is 8.17. The van der Waals surface area contributed by atoms with Gasteiger partial charge in [0.2, 0.25) is 0 Å². The zero-order valence-corrected chi connectivity index (χ0v) is 40.5. The van der Waals surface area contributed by atoms with E-state index in [1.54, 1.807) is 0 Å². The summed E-state index contributed by atoms with van der Waals surface area (Å²) >= 11 is 0. The summed E-state index contributed by atoms with van der Waals surface area (Å²) in [5, 5.41) is 9.63. The van der Waals surface area contributed by atoms with E-state index in [2.05, 4.69) is 38.2 Å². The number of allylic oxidation sites excluding steroid dienone is 4. The smallest absolute Gasteiger partial charge is 0.306 e. The maximum Gasteiger partial charge on any atom is 0.306 e. The van der Waals surface area contributed by atoms with Crippen molar-refractivity contribution in [3.8, 4) is 0 Å². The van der Waals surface area contributed by atoms with Crippen molar-refractivity contribution in [2.24, 2.45) is 0 Å². The quantitative estimate of drug-likeness (QED) is 0.0375. The second-order valence-electron chi connectivity index (χ2n) is 18.3. The van der Waals surface area contributed by atoms with Crippen molar-refractivity contribution in [3.05, 3.63) is 24.3 Å². The van der Waals surface area contributed by atoms with Gasteiger partial charge < -0.3 is 14.6 Å². The number of hydrogen-bond donors (Lipinski definition) is 1. The van der Waals surface area contributed by atoms with Gasteiger partial charge in [-0.3, -0.25) is 9.59 Å². The summed E-state index contributed by atoms with van der Waals surface area (Å²) in [5.74, 6) is -0.623. The molecule has 0 saturated carbocycles. The van der Waals surface area contributed by atoms with Gasteiger partial charge in [-0.05, 0) is 44.9 Å². The van der Waals surface area contributed by atoms with Crippen LogP contribution in [0.5, 0.6) is 0 Å². The summed E-state index contributed by atoms with van der Waals surface area (Å²) < 4.78 is 10.7. The molecule has 0 radical (unpaired) electrons. The minimum Gasteiger partial charge on any atom is -0.462 e. The summed E-state index contributed by atoms with van der Waals surface area (Å²) in [6.07, 6.45) is 64.4.